The fourth-order valence-electron chi connectivity index (χ4n) is 3.56. The van der Waals surface area contributed by atoms with E-state index in [9.17, 15) is 4.79 Å². The molecule has 1 aromatic rings. The summed E-state index contributed by atoms with van der Waals surface area (Å²) >= 11 is 5.87. The summed E-state index contributed by atoms with van der Waals surface area (Å²) in [4.78, 5) is 14.5. The van der Waals surface area contributed by atoms with E-state index in [2.05, 4.69) is 0 Å². The molecule has 2 nitrogen and oxygen atoms in total. The molecule has 2 aliphatic rings. The van der Waals surface area contributed by atoms with Crippen molar-refractivity contribution in [3.63, 3.8) is 0 Å². The second-order valence-electron chi connectivity index (χ2n) is 5.85. The molecule has 1 heterocycles. The summed E-state index contributed by atoms with van der Waals surface area (Å²) < 4.78 is 0. The van der Waals surface area contributed by atoms with Gasteiger partial charge in [-0.2, -0.15) is 0 Å². The molecule has 2 fully saturated rings. The van der Waals surface area contributed by atoms with Crippen LogP contribution >= 0.6 is 11.6 Å². The average Bonchev–Trinajstić information content (AvgIpc) is 2.47. The Kier molecular flexibility index (Phi) is 3.79. The minimum Gasteiger partial charge on any atom is -0.338 e. The number of hydrogen-bond donors (Lipinski definition) is 0. The first-order valence-electron chi connectivity index (χ1n) is 7.29. The summed E-state index contributed by atoms with van der Waals surface area (Å²) in [5, 5.41) is 0.683. The quantitative estimate of drug-likeness (QED) is 0.760. The van der Waals surface area contributed by atoms with Crippen LogP contribution in [0.4, 0.5) is 0 Å². The number of piperidine rings is 1. The minimum atomic E-state index is 0.167. The largest absolute Gasteiger partial charge is 0.338 e. The molecule has 0 radical (unpaired) electrons. The molecule has 0 spiro atoms. The Hall–Kier alpha value is -1.02. The van der Waals surface area contributed by atoms with Crippen LogP contribution < -0.4 is 0 Å². The molecule has 0 aromatic heterocycles. The number of benzene rings is 1. The molecule has 1 amide bonds. The summed E-state index contributed by atoms with van der Waals surface area (Å²) in [6, 6.07) is 7.25. The van der Waals surface area contributed by atoms with Gasteiger partial charge in [0.2, 0.25) is 0 Å². The maximum Gasteiger partial charge on any atom is 0.253 e. The highest BCUT2D eigenvalue weighted by Gasteiger charge is 2.33. The van der Waals surface area contributed by atoms with Crippen LogP contribution in [0.15, 0.2) is 24.3 Å². The molecular weight excluding hydrogens is 258 g/mol. The van der Waals surface area contributed by atoms with Crippen LogP contribution in [0.1, 0.15) is 42.5 Å². The number of fused-ring (bicyclic) bond motifs is 1. The number of nitrogens with zero attached hydrogens (tertiary/aromatic N) is 1. The third-order valence-electron chi connectivity index (χ3n) is 4.67. The number of carbonyl (C=O) groups excluding carboxylic acids is 1. The van der Waals surface area contributed by atoms with E-state index in [0.29, 0.717) is 5.02 Å². The topological polar surface area (TPSA) is 20.3 Å². The maximum absolute atomic E-state index is 12.5. The molecule has 3 heteroatoms. The van der Waals surface area contributed by atoms with Gasteiger partial charge in [-0.15, -0.1) is 0 Å². The first-order valence-corrected chi connectivity index (χ1v) is 7.66. The van der Waals surface area contributed by atoms with Crippen LogP contribution in [-0.4, -0.2) is 23.9 Å². The zero-order valence-corrected chi connectivity index (χ0v) is 11.9. The van der Waals surface area contributed by atoms with Gasteiger partial charge in [-0.05, 0) is 48.9 Å². The van der Waals surface area contributed by atoms with Crippen LogP contribution in [0.2, 0.25) is 5.02 Å². The monoisotopic (exact) mass is 277 g/mol. The Bertz CT molecular complexity index is 456. The molecule has 3 rings (SSSR count). The summed E-state index contributed by atoms with van der Waals surface area (Å²) in [6.45, 7) is 1.87. The van der Waals surface area contributed by atoms with Crippen molar-refractivity contribution in [1.29, 1.82) is 0 Å². The molecule has 2 atom stereocenters. The molecule has 0 bridgehead atoms. The molecule has 1 aromatic carbocycles. The normalized spacial score (nSPS) is 26.9. The summed E-state index contributed by atoms with van der Waals surface area (Å²) in [5.41, 5.74) is 0.763. The highest BCUT2D eigenvalue weighted by atomic mass is 35.5. The van der Waals surface area contributed by atoms with Crippen molar-refractivity contribution in [1.82, 2.24) is 4.90 Å². The van der Waals surface area contributed by atoms with Crippen LogP contribution in [0.3, 0.4) is 0 Å². The number of hydrogen-bond acceptors (Lipinski definition) is 1. The lowest BCUT2D eigenvalue weighted by atomic mass is 9.75. The van der Waals surface area contributed by atoms with Crippen LogP contribution in [-0.2, 0) is 0 Å². The standard InChI is InChI=1S/C16H20ClNO/c17-15-7-5-13(6-8-15)16(19)18-10-9-12-3-1-2-4-14(12)11-18/h5-8,12,14H,1-4,9-11H2/t12-,14+/m1/s1. The van der Waals surface area contributed by atoms with Crippen LogP contribution in [0, 0.1) is 11.8 Å². The Labute approximate surface area is 119 Å². The molecule has 1 saturated carbocycles. The van der Waals surface area contributed by atoms with E-state index in [1.54, 1.807) is 12.1 Å². The van der Waals surface area contributed by atoms with E-state index < -0.39 is 0 Å². The Morgan fingerprint density at radius 2 is 1.74 bits per heavy atom. The smallest absolute Gasteiger partial charge is 0.253 e. The molecule has 1 aliphatic heterocycles. The van der Waals surface area contributed by atoms with E-state index in [-0.39, 0.29) is 5.91 Å². The maximum atomic E-state index is 12.5. The lowest BCUT2D eigenvalue weighted by Gasteiger charge is -2.41. The van der Waals surface area contributed by atoms with Crippen molar-refractivity contribution in [3.05, 3.63) is 34.9 Å². The van der Waals surface area contributed by atoms with Gasteiger partial charge in [-0.3, -0.25) is 4.79 Å². The number of amides is 1. The van der Waals surface area contributed by atoms with E-state index in [4.69, 9.17) is 11.6 Å². The molecule has 0 unspecified atom stereocenters. The van der Waals surface area contributed by atoms with Gasteiger partial charge >= 0.3 is 0 Å². The van der Waals surface area contributed by atoms with Crippen LogP contribution in [0.25, 0.3) is 0 Å². The summed E-state index contributed by atoms with van der Waals surface area (Å²) in [5.74, 6) is 1.77. The number of likely N-dealkylation sites (tertiary alicyclic amines) is 1. The average molecular weight is 278 g/mol. The van der Waals surface area contributed by atoms with Gasteiger partial charge in [0.05, 0.1) is 0 Å². The van der Waals surface area contributed by atoms with Crippen molar-refractivity contribution in [2.24, 2.45) is 11.8 Å². The molecular formula is C16H20ClNO. The fraction of sp³-hybridized carbons (Fsp3) is 0.562. The first kappa shape index (κ1) is 13.0. The first-order chi connectivity index (χ1) is 9.24. The second kappa shape index (κ2) is 5.54. The Morgan fingerprint density at radius 3 is 2.47 bits per heavy atom. The third-order valence-corrected chi connectivity index (χ3v) is 4.92. The van der Waals surface area contributed by atoms with Gasteiger partial charge in [0.1, 0.15) is 0 Å². The number of rotatable bonds is 1. The van der Waals surface area contributed by atoms with E-state index >= 15 is 0 Å². The number of halogens is 1. The van der Waals surface area contributed by atoms with Crippen molar-refractivity contribution >= 4 is 17.5 Å². The predicted molar refractivity (Wildman–Crippen MR) is 77.4 cm³/mol. The highest BCUT2D eigenvalue weighted by Crippen LogP contribution is 2.36. The fourth-order valence-corrected chi connectivity index (χ4v) is 3.69. The lowest BCUT2D eigenvalue weighted by molar-refractivity contribution is 0.0521. The molecule has 1 aliphatic carbocycles. The van der Waals surface area contributed by atoms with Gasteiger partial charge in [0.25, 0.3) is 5.91 Å². The molecule has 19 heavy (non-hydrogen) atoms. The Morgan fingerprint density at radius 1 is 1.05 bits per heavy atom. The number of carbonyl (C=O) groups is 1. The van der Waals surface area contributed by atoms with Crippen molar-refractivity contribution in [2.75, 3.05) is 13.1 Å². The predicted octanol–water partition coefficient (Wildman–Crippen LogP) is 3.99. The van der Waals surface area contributed by atoms with Crippen LogP contribution in [0.5, 0.6) is 0 Å². The van der Waals surface area contributed by atoms with E-state index in [1.165, 1.54) is 32.1 Å². The second-order valence-corrected chi connectivity index (χ2v) is 6.29. The highest BCUT2D eigenvalue weighted by molar-refractivity contribution is 6.30. The van der Waals surface area contributed by atoms with Crippen molar-refractivity contribution < 1.29 is 4.79 Å². The van der Waals surface area contributed by atoms with E-state index in [1.807, 2.05) is 17.0 Å². The zero-order chi connectivity index (χ0) is 13.2. The molecule has 102 valence electrons. The molecule has 1 saturated heterocycles. The zero-order valence-electron chi connectivity index (χ0n) is 11.1. The van der Waals surface area contributed by atoms with Gasteiger partial charge in [-0.1, -0.05) is 30.9 Å². The van der Waals surface area contributed by atoms with Crippen molar-refractivity contribution in [2.45, 2.75) is 32.1 Å². The summed E-state index contributed by atoms with van der Waals surface area (Å²) in [6.07, 6.45) is 6.57. The van der Waals surface area contributed by atoms with E-state index in [0.717, 1.165) is 30.5 Å². The SMILES string of the molecule is O=C(c1ccc(Cl)cc1)N1CC[C@H]2CCCC[C@H]2C1. The van der Waals surface area contributed by atoms with Gasteiger partial charge in [-0.25, -0.2) is 0 Å². The van der Waals surface area contributed by atoms with Gasteiger partial charge < -0.3 is 4.90 Å². The third kappa shape index (κ3) is 2.79. The summed E-state index contributed by atoms with van der Waals surface area (Å²) in [7, 11) is 0. The van der Waals surface area contributed by atoms with Gasteiger partial charge in [0.15, 0.2) is 0 Å². The molecule has 0 N–H and O–H groups in total. The van der Waals surface area contributed by atoms with Crippen molar-refractivity contribution in [3.8, 4) is 0 Å². The Balaban J connectivity index is 1.69. The minimum absolute atomic E-state index is 0.167. The lowest BCUT2D eigenvalue weighted by Crippen LogP contribution is -2.44. The van der Waals surface area contributed by atoms with Gasteiger partial charge in [0, 0.05) is 23.7 Å².